The van der Waals surface area contributed by atoms with Crippen molar-refractivity contribution in [1.29, 1.82) is 0 Å². The summed E-state index contributed by atoms with van der Waals surface area (Å²) in [4.78, 5) is 22.0. The van der Waals surface area contributed by atoms with Crippen molar-refractivity contribution in [2.45, 2.75) is 4.90 Å². The summed E-state index contributed by atoms with van der Waals surface area (Å²) in [6.07, 6.45) is 3.67. The van der Waals surface area contributed by atoms with Crippen LogP contribution in [0.4, 0.5) is 0 Å². The third-order valence-electron chi connectivity index (χ3n) is 3.80. The first-order valence-electron chi connectivity index (χ1n) is 7.92. The minimum absolute atomic E-state index is 0.242. The molecule has 0 N–H and O–H groups in total. The molecule has 26 heavy (non-hydrogen) atoms. The molecular weight excluding hydrogens is 364 g/mol. The number of hydrogen-bond acceptors (Lipinski definition) is 6. The van der Waals surface area contributed by atoms with Gasteiger partial charge in [-0.05, 0) is 42.7 Å². The fourth-order valence-electron chi connectivity index (χ4n) is 2.57. The van der Waals surface area contributed by atoms with Gasteiger partial charge in [-0.3, -0.25) is 4.79 Å². The lowest BCUT2D eigenvalue weighted by molar-refractivity contribution is 0.454. The standard InChI is InChI=1S/C20H14N2O2S2/c1-25-17-11-5-3-9-15(17)24-19-14(8-6-12-21-19)20-22-18(23)13-7-2-4-10-16(13)26-20/h2-12H,1H3. The number of thioether (sulfide) groups is 1. The summed E-state index contributed by atoms with van der Waals surface area (Å²) in [7, 11) is 0. The Kier molecular flexibility index (Phi) is 4.69. The smallest absolute Gasteiger partial charge is 0.279 e. The van der Waals surface area contributed by atoms with Crippen LogP contribution in [0, 0.1) is 0 Å². The van der Waals surface area contributed by atoms with Crippen molar-refractivity contribution in [3.63, 3.8) is 0 Å². The fourth-order valence-corrected chi connectivity index (χ4v) is 4.11. The summed E-state index contributed by atoms with van der Waals surface area (Å²) >= 11 is 3.06. The highest BCUT2D eigenvalue weighted by molar-refractivity contribution is 7.98. The molecule has 0 aliphatic rings. The number of benzene rings is 2. The number of nitrogens with zero attached hydrogens (tertiary/aromatic N) is 2. The first kappa shape index (κ1) is 16.8. The Bertz CT molecular complexity index is 1140. The maximum Gasteiger partial charge on any atom is 0.279 e. The van der Waals surface area contributed by atoms with Gasteiger partial charge in [0.15, 0.2) is 0 Å². The largest absolute Gasteiger partial charge is 0.437 e. The van der Waals surface area contributed by atoms with Crippen molar-refractivity contribution in [3.8, 4) is 22.2 Å². The summed E-state index contributed by atoms with van der Waals surface area (Å²) in [5, 5.41) is 1.22. The minimum atomic E-state index is -0.242. The van der Waals surface area contributed by atoms with Gasteiger partial charge in [-0.25, -0.2) is 4.98 Å². The Morgan fingerprint density at radius 2 is 1.81 bits per heavy atom. The lowest BCUT2D eigenvalue weighted by atomic mass is 10.2. The highest BCUT2D eigenvalue weighted by Crippen LogP contribution is 2.36. The van der Waals surface area contributed by atoms with E-state index in [0.29, 0.717) is 21.8 Å². The Labute approximate surface area is 158 Å². The molecule has 0 radical (unpaired) electrons. The van der Waals surface area contributed by atoms with Crippen LogP contribution in [0.25, 0.3) is 20.7 Å². The van der Waals surface area contributed by atoms with E-state index in [1.807, 2.05) is 60.9 Å². The zero-order chi connectivity index (χ0) is 17.9. The lowest BCUT2D eigenvalue weighted by Gasteiger charge is -2.11. The second-order valence-electron chi connectivity index (χ2n) is 5.43. The molecule has 0 aliphatic carbocycles. The van der Waals surface area contributed by atoms with Crippen LogP contribution in [0.15, 0.2) is 76.6 Å². The molecule has 0 bridgehead atoms. The van der Waals surface area contributed by atoms with Crippen LogP contribution in [-0.4, -0.2) is 16.2 Å². The van der Waals surface area contributed by atoms with Crippen LogP contribution in [0.3, 0.4) is 0 Å². The van der Waals surface area contributed by atoms with Gasteiger partial charge in [0.05, 0.1) is 10.9 Å². The van der Waals surface area contributed by atoms with Crippen molar-refractivity contribution in [2.75, 3.05) is 6.26 Å². The first-order valence-corrected chi connectivity index (χ1v) is 9.96. The number of hydrogen-bond donors (Lipinski definition) is 0. The Balaban J connectivity index is 1.83. The Morgan fingerprint density at radius 1 is 1.00 bits per heavy atom. The van der Waals surface area contributed by atoms with Gasteiger partial charge < -0.3 is 4.74 Å². The molecule has 2 heterocycles. The lowest BCUT2D eigenvalue weighted by Crippen LogP contribution is -2.06. The maximum absolute atomic E-state index is 12.4. The quantitative estimate of drug-likeness (QED) is 0.455. The maximum atomic E-state index is 12.4. The van der Waals surface area contributed by atoms with Crippen molar-refractivity contribution < 1.29 is 4.74 Å². The molecule has 128 valence electrons. The molecule has 4 aromatic rings. The van der Waals surface area contributed by atoms with E-state index in [-0.39, 0.29) is 5.56 Å². The van der Waals surface area contributed by atoms with Gasteiger partial charge in [-0.15, -0.1) is 23.1 Å². The molecule has 4 nitrogen and oxygen atoms in total. The monoisotopic (exact) mass is 378 g/mol. The number of rotatable bonds is 4. The Morgan fingerprint density at radius 3 is 2.69 bits per heavy atom. The number of aromatic nitrogens is 2. The van der Waals surface area contributed by atoms with E-state index in [9.17, 15) is 4.79 Å². The molecule has 0 unspecified atom stereocenters. The van der Waals surface area contributed by atoms with Gasteiger partial charge in [-0.1, -0.05) is 24.3 Å². The van der Waals surface area contributed by atoms with Crippen molar-refractivity contribution >= 4 is 33.2 Å². The zero-order valence-corrected chi connectivity index (χ0v) is 15.5. The molecule has 2 aromatic carbocycles. The van der Waals surface area contributed by atoms with E-state index in [4.69, 9.17) is 4.74 Å². The summed E-state index contributed by atoms with van der Waals surface area (Å²) in [5.74, 6) is 1.17. The highest BCUT2D eigenvalue weighted by atomic mass is 32.2. The molecule has 0 atom stereocenters. The van der Waals surface area contributed by atoms with Crippen molar-refractivity contribution in [3.05, 3.63) is 77.2 Å². The normalized spacial score (nSPS) is 10.8. The predicted molar refractivity (Wildman–Crippen MR) is 107 cm³/mol. The number of pyridine rings is 1. The molecule has 0 amide bonds. The van der Waals surface area contributed by atoms with Crippen molar-refractivity contribution in [1.82, 2.24) is 9.97 Å². The van der Waals surface area contributed by atoms with Crippen LogP contribution in [0.2, 0.25) is 0 Å². The van der Waals surface area contributed by atoms with Crippen LogP contribution in [0.1, 0.15) is 0 Å². The SMILES string of the molecule is CSc1ccccc1Oc1ncccc1-c1nc(=O)c2ccccc2s1. The number of fused-ring (bicyclic) bond motifs is 1. The summed E-state index contributed by atoms with van der Waals surface area (Å²) in [5.41, 5.74) is 0.463. The summed E-state index contributed by atoms with van der Waals surface area (Å²) in [6.45, 7) is 0. The van der Waals surface area contributed by atoms with Crippen LogP contribution < -0.4 is 10.3 Å². The second kappa shape index (κ2) is 7.27. The molecule has 0 fully saturated rings. The average Bonchev–Trinajstić information content (AvgIpc) is 2.69. The van der Waals surface area contributed by atoms with Crippen molar-refractivity contribution in [2.24, 2.45) is 0 Å². The van der Waals surface area contributed by atoms with E-state index < -0.39 is 0 Å². The second-order valence-corrected chi connectivity index (χ2v) is 7.31. The highest BCUT2D eigenvalue weighted by Gasteiger charge is 2.14. The Hall–Kier alpha value is -2.70. The number of ether oxygens (including phenoxy) is 1. The molecule has 0 saturated carbocycles. The molecule has 0 spiro atoms. The van der Waals surface area contributed by atoms with Gasteiger partial charge in [0.25, 0.3) is 5.56 Å². The van der Waals surface area contributed by atoms with Crippen LogP contribution in [0.5, 0.6) is 11.6 Å². The predicted octanol–water partition coefficient (Wildman–Crippen LogP) is 5.23. The summed E-state index contributed by atoms with van der Waals surface area (Å²) < 4.78 is 6.96. The van der Waals surface area contributed by atoms with Gasteiger partial charge in [0.1, 0.15) is 10.8 Å². The molecule has 4 rings (SSSR count). The topological polar surface area (TPSA) is 52.1 Å². The third-order valence-corrected chi connectivity index (χ3v) is 5.66. The van der Waals surface area contributed by atoms with Gasteiger partial charge >= 0.3 is 0 Å². The van der Waals surface area contributed by atoms with E-state index in [2.05, 4.69) is 9.97 Å². The fraction of sp³-hybridized carbons (Fsp3) is 0.0500. The summed E-state index contributed by atoms with van der Waals surface area (Å²) in [6, 6.07) is 18.9. The minimum Gasteiger partial charge on any atom is -0.437 e. The molecule has 2 aromatic heterocycles. The van der Waals surface area contributed by atoms with Crippen LogP contribution >= 0.6 is 23.1 Å². The first-order chi connectivity index (χ1) is 12.8. The van der Waals surface area contributed by atoms with E-state index in [1.165, 1.54) is 11.3 Å². The van der Waals surface area contributed by atoms with Crippen LogP contribution in [-0.2, 0) is 0 Å². The number of para-hydroxylation sites is 1. The molecular formula is C20H14N2O2S2. The average molecular weight is 378 g/mol. The van der Waals surface area contributed by atoms with Gasteiger partial charge in [0, 0.05) is 15.8 Å². The molecule has 6 heteroatoms. The van der Waals surface area contributed by atoms with E-state index in [1.54, 1.807) is 24.0 Å². The van der Waals surface area contributed by atoms with Gasteiger partial charge in [-0.2, -0.15) is 4.98 Å². The molecule has 0 saturated heterocycles. The molecule has 0 aliphatic heterocycles. The van der Waals surface area contributed by atoms with E-state index >= 15 is 0 Å². The zero-order valence-electron chi connectivity index (χ0n) is 13.9. The van der Waals surface area contributed by atoms with E-state index in [0.717, 1.165) is 15.3 Å². The third kappa shape index (κ3) is 3.21. The van der Waals surface area contributed by atoms with Gasteiger partial charge in [0.2, 0.25) is 5.88 Å².